The van der Waals surface area contributed by atoms with Crippen LogP contribution >= 0.6 is 23.2 Å². The van der Waals surface area contributed by atoms with Gasteiger partial charge in [0.25, 0.3) is 0 Å². The SMILES string of the molecule is Cc1ccc([C@@H]2OC3(C(=O)c4ccccc4C3=O)[C@H]3C(=O)N(c4cccc(Cl)c4Cl)C(=O)[C@@H]23)cc1. The molecule has 174 valence electrons. The van der Waals surface area contributed by atoms with Gasteiger partial charge in [0.1, 0.15) is 0 Å². The number of carbonyl (C=O) groups excluding carboxylic acids is 4. The minimum Gasteiger partial charge on any atom is -0.349 e. The zero-order valence-corrected chi connectivity index (χ0v) is 19.8. The Bertz CT molecular complexity index is 1430. The lowest BCUT2D eigenvalue weighted by molar-refractivity contribution is -0.127. The van der Waals surface area contributed by atoms with Crippen molar-refractivity contribution in [3.8, 4) is 0 Å². The molecular formula is C27H17Cl2NO5. The van der Waals surface area contributed by atoms with Crippen molar-refractivity contribution in [2.45, 2.75) is 18.6 Å². The monoisotopic (exact) mass is 505 g/mol. The highest BCUT2D eigenvalue weighted by molar-refractivity contribution is 6.45. The summed E-state index contributed by atoms with van der Waals surface area (Å²) in [6.07, 6.45) is -0.984. The Hall–Kier alpha value is -3.32. The average Bonchev–Trinajstić information content (AvgIpc) is 3.42. The molecule has 0 radical (unpaired) electrons. The molecule has 2 heterocycles. The summed E-state index contributed by atoms with van der Waals surface area (Å²) in [4.78, 5) is 56.2. The summed E-state index contributed by atoms with van der Waals surface area (Å²) in [7, 11) is 0. The summed E-state index contributed by atoms with van der Waals surface area (Å²) in [5, 5.41) is 0.202. The van der Waals surface area contributed by atoms with E-state index in [9.17, 15) is 19.2 Å². The van der Waals surface area contributed by atoms with Crippen LogP contribution in [0, 0.1) is 18.8 Å². The van der Waals surface area contributed by atoms with Crippen molar-refractivity contribution < 1.29 is 23.9 Å². The maximum atomic E-state index is 13.9. The summed E-state index contributed by atoms with van der Waals surface area (Å²) in [6, 6.07) is 18.2. The van der Waals surface area contributed by atoms with Crippen LogP contribution < -0.4 is 4.90 Å². The van der Waals surface area contributed by atoms with E-state index < -0.39 is 46.9 Å². The van der Waals surface area contributed by atoms with Crippen molar-refractivity contribution in [1.82, 2.24) is 0 Å². The Morgan fingerprint density at radius 1 is 0.800 bits per heavy atom. The topological polar surface area (TPSA) is 80.8 Å². The third-order valence-electron chi connectivity index (χ3n) is 7.10. The number of carbonyl (C=O) groups is 4. The molecule has 6 nitrogen and oxygen atoms in total. The third-order valence-corrected chi connectivity index (χ3v) is 7.91. The summed E-state index contributed by atoms with van der Waals surface area (Å²) in [5.74, 6) is -4.96. The number of anilines is 1. The zero-order valence-electron chi connectivity index (χ0n) is 18.3. The fourth-order valence-electron chi connectivity index (χ4n) is 5.48. The molecule has 3 aromatic rings. The van der Waals surface area contributed by atoms with Crippen LogP contribution in [0.2, 0.25) is 10.0 Å². The number of Topliss-reactive ketones (excluding diaryl/α,β-unsaturated/α-hetero) is 2. The number of rotatable bonds is 2. The van der Waals surface area contributed by atoms with Crippen molar-refractivity contribution in [2.24, 2.45) is 11.8 Å². The fraction of sp³-hybridized carbons (Fsp3) is 0.185. The van der Waals surface area contributed by atoms with Gasteiger partial charge in [-0.05, 0) is 24.6 Å². The lowest BCUT2D eigenvalue weighted by Crippen LogP contribution is -2.51. The maximum absolute atomic E-state index is 13.9. The van der Waals surface area contributed by atoms with Crippen LogP contribution in [0.15, 0.2) is 66.7 Å². The molecule has 2 aliphatic heterocycles. The molecule has 1 aliphatic carbocycles. The summed E-state index contributed by atoms with van der Waals surface area (Å²) < 4.78 is 6.26. The highest BCUT2D eigenvalue weighted by Crippen LogP contribution is 2.58. The Balaban J connectivity index is 1.56. The average molecular weight is 506 g/mol. The van der Waals surface area contributed by atoms with Gasteiger partial charge in [-0.3, -0.25) is 19.2 Å². The van der Waals surface area contributed by atoms with Crippen LogP contribution in [0.5, 0.6) is 0 Å². The number of hydrogen-bond donors (Lipinski definition) is 0. The first-order chi connectivity index (χ1) is 16.8. The van der Waals surface area contributed by atoms with Gasteiger partial charge in [-0.2, -0.15) is 0 Å². The van der Waals surface area contributed by atoms with E-state index in [0.717, 1.165) is 10.5 Å². The molecule has 2 fully saturated rings. The van der Waals surface area contributed by atoms with Gasteiger partial charge in [-0.15, -0.1) is 0 Å². The molecule has 0 unspecified atom stereocenters. The maximum Gasteiger partial charge on any atom is 0.241 e. The quantitative estimate of drug-likeness (QED) is 0.361. The van der Waals surface area contributed by atoms with Crippen LogP contribution in [0.3, 0.4) is 0 Å². The van der Waals surface area contributed by atoms with Crippen molar-refractivity contribution >= 4 is 52.3 Å². The Morgan fingerprint density at radius 2 is 1.43 bits per heavy atom. The van der Waals surface area contributed by atoms with Gasteiger partial charge in [0.05, 0.1) is 33.7 Å². The molecule has 35 heavy (non-hydrogen) atoms. The molecule has 0 bridgehead atoms. The van der Waals surface area contributed by atoms with E-state index in [1.807, 2.05) is 19.1 Å². The molecule has 0 saturated carbocycles. The highest BCUT2D eigenvalue weighted by atomic mass is 35.5. The molecule has 2 amide bonds. The van der Waals surface area contributed by atoms with Crippen molar-refractivity contribution in [3.63, 3.8) is 0 Å². The molecule has 8 heteroatoms. The van der Waals surface area contributed by atoms with E-state index in [-0.39, 0.29) is 26.9 Å². The minimum absolute atomic E-state index is 0.0325. The molecule has 3 aromatic carbocycles. The van der Waals surface area contributed by atoms with E-state index >= 15 is 0 Å². The first kappa shape index (κ1) is 22.2. The van der Waals surface area contributed by atoms with E-state index in [0.29, 0.717) is 5.56 Å². The number of halogens is 2. The Kier molecular flexibility index (Phi) is 4.81. The van der Waals surface area contributed by atoms with Gasteiger partial charge in [0.15, 0.2) is 0 Å². The number of fused-ring (bicyclic) bond motifs is 3. The zero-order chi connectivity index (χ0) is 24.6. The van der Waals surface area contributed by atoms with Gasteiger partial charge in [0.2, 0.25) is 29.0 Å². The lowest BCUT2D eigenvalue weighted by atomic mass is 9.77. The van der Waals surface area contributed by atoms with Gasteiger partial charge >= 0.3 is 0 Å². The molecule has 1 spiro atoms. The van der Waals surface area contributed by atoms with Gasteiger partial charge in [-0.1, -0.05) is 83.4 Å². The number of benzene rings is 3. The predicted octanol–water partition coefficient (Wildman–Crippen LogP) is 5.00. The highest BCUT2D eigenvalue weighted by Gasteiger charge is 2.74. The number of aryl methyl sites for hydroxylation is 1. The molecule has 2 saturated heterocycles. The number of ketones is 2. The largest absolute Gasteiger partial charge is 0.349 e. The van der Waals surface area contributed by atoms with Crippen molar-refractivity contribution in [3.05, 3.63) is 99.0 Å². The predicted molar refractivity (Wildman–Crippen MR) is 129 cm³/mol. The molecule has 6 rings (SSSR count). The molecule has 0 aromatic heterocycles. The van der Waals surface area contributed by atoms with Gasteiger partial charge in [-0.25, -0.2) is 4.90 Å². The van der Waals surface area contributed by atoms with Gasteiger partial charge in [0, 0.05) is 11.1 Å². The Labute approximate surface area is 210 Å². The van der Waals surface area contributed by atoms with Crippen LogP contribution in [-0.2, 0) is 14.3 Å². The first-order valence-corrected chi connectivity index (χ1v) is 11.8. The van der Waals surface area contributed by atoms with E-state index in [4.69, 9.17) is 27.9 Å². The normalized spacial score (nSPS) is 24.4. The minimum atomic E-state index is -2.13. The smallest absolute Gasteiger partial charge is 0.241 e. The van der Waals surface area contributed by atoms with Crippen LogP contribution in [0.1, 0.15) is 37.9 Å². The number of imide groups is 1. The number of ether oxygens (including phenoxy) is 1. The lowest BCUT2D eigenvalue weighted by Gasteiger charge is -2.27. The van der Waals surface area contributed by atoms with E-state index in [2.05, 4.69) is 0 Å². The number of hydrogen-bond acceptors (Lipinski definition) is 5. The number of amides is 2. The second-order valence-electron chi connectivity index (χ2n) is 8.98. The summed E-state index contributed by atoms with van der Waals surface area (Å²) >= 11 is 12.5. The van der Waals surface area contributed by atoms with Crippen molar-refractivity contribution in [2.75, 3.05) is 4.90 Å². The fourth-order valence-corrected chi connectivity index (χ4v) is 5.86. The van der Waals surface area contributed by atoms with Crippen LogP contribution in [-0.4, -0.2) is 29.0 Å². The summed E-state index contributed by atoms with van der Waals surface area (Å²) in [5.41, 5.74) is -0.0765. The second kappa shape index (κ2) is 7.59. The van der Waals surface area contributed by atoms with Crippen LogP contribution in [0.4, 0.5) is 5.69 Å². The van der Waals surface area contributed by atoms with E-state index in [1.165, 1.54) is 18.2 Å². The standard InChI is InChI=1S/C27H17Cl2NO5/c1-13-9-11-14(12-10-13)22-19-20(26(34)30(25(19)33)18-8-4-7-17(28)21(18)29)27(35-22)23(31)15-5-2-3-6-16(15)24(27)32/h2-12,19-20,22H,1H3/t19-,20-,22+/m1/s1. The summed E-state index contributed by atoms with van der Waals surface area (Å²) in [6.45, 7) is 1.91. The Morgan fingerprint density at radius 3 is 2.06 bits per heavy atom. The second-order valence-corrected chi connectivity index (χ2v) is 9.76. The molecule has 3 atom stereocenters. The molecule has 0 N–H and O–H groups in total. The van der Waals surface area contributed by atoms with Crippen LogP contribution in [0.25, 0.3) is 0 Å². The third kappa shape index (κ3) is 2.82. The number of nitrogens with zero attached hydrogens (tertiary/aromatic N) is 1. The van der Waals surface area contributed by atoms with E-state index in [1.54, 1.807) is 36.4 Å². The molecule has 3 aliphatic rings. The van der Waals surface area contributed by atoms with Gasteiger partial charge < -0.3 is 4.74 Å². The first-order valence-electron chi connectivity index (χ1n) is 11.0. The van der Waals surface area contributed by atoms with Crippen molar-refractivity contribution in [1.29, 1.82) is 0 Å². The molecular weight excluding hydrogens is 489 g/mol.